The lowest BCUT2D eigenvalue weighted by Gasteiger charge is -2.35. The van der Waals surface area contributed by atoms with Gasteiger partial charge in [-0.3, -0.25) is 9.59 Å². The molecule has 4 rings (SSSR count). The number of carbonyl (C=O) groups excluding carboxylic acids is 2. The van der Waals surface area contributed by atoms with Crippen LogP contribution in [0.5, 0.6) is 0 Å². The van der Waals surface area contributed by atoms with Crippen LogP contribution in [0, 0.1) is 5.41 Å². The molecule has 0 saturated carbocycles. The van der Waals surface area contributed by atoms with Gasteiger partial charge in [0.25, 0.3) is 0 Å². The van der Waals surface area contributed by atoms with E-state index in [-0.39, 0.29) is 18.2 Å². The number of aryl methyl sites for hydroxylation is 1. The number of ketones is 1. The maximum absolute atomic E-state index is 13.1. The van der Waals surface area contributed by atoms with Crippen LogP contribution in [0.4, 0.5) is 16.2 Å². The summed E-state index contributed by atoms with van der Waals surface area (Å²) in [5.41, 5.74) is 3.89. The van der Waals surface area contributed by atoms with E-state index in [0.29, 0.717) is 41.2 Å². The lowest BCUT2D eigenvalue weighted by Crippen LogP contribution is -2.37. The number of halogens is 1. The first-order valence-electron chi connectivity index (χ1n) is 11.1. The number of fused-ring (bicyclic) bond motifs is 1. The highest BCUT2D eigenvalue weighted by Gasteiger charge is 2.42. The Morgan fingerprint density at radius 2 is 1.68 bits per heavy atom. The number of rotatable bonds is 6. The molecule has 1 aliphatic carbocycles. The van der Waals surface area contributed by atoms with Gasteiger partial charge in [-0.15, -0.1) is 0 Å². The minimum absolute atomic E-state index is 0.0736. The SMILES string of the molecule is CCC1(CC(=O)O)CCc2cc(-c3ccc(NC(=O)Nc4cccc(Cl)c4)cc3)ccc2C1=O. The van der Waals surface area contributed by atoms with Gasteiger partial charge in [0.1, 0.15) is 0 Å². The summed E-state index contributed by atoms with van der Waals surface area (Å²) >= 11 is 5.94. The normalized spacial score (nSPS) is 17.1. The molecule has 7 heteroatoms. The van der Waals surface area contributed by atoms with Gasteiger partial charge < -0.3 is 15.7 Å². The van der Waals surface area contributed by atoms with Crippen molar-refractivity contribution in [2.75, 3.05) is 10.6 Å². The summed E-state index contributed by atoms with van der Waals surface area (Å²) in [6.07, 6.45) is 1.58. The van der Waals surface area contributed by atoms with E-state index in [2.05, 4.69) is 10.6 Å². The number of carboxylic acids is 1. The molecule has 6 nitrogen and oxygen atoms in total. The van der Waals surface area contributed by atoms with Crippen LogP contribution in [0.2, 0.25) is 5.02 Å². The van der Waals surface area contributed by atoms with Crippen LogP contribution >= 0.6 is 11.6 Å². The molecule has 0 bridgehead atoms. The topological polar surface area (TPSA) is 95.5 Å². The molecule has 3 aromatic rings. The molecule has 0 aromatic heterocycles. The largest absolute Gasteiger partial charge is 0.481 e. The predicted octanol–water partition coefficient (Wildman–Crippen LogP) is 6.65. The van der Waals surface area contributed by atoms with E-state index in [4.69, 9.17) is 11.6 Å². The zero-order chi connectivity index (χ0) is 24.3. The fourth-order valence-electron chi connectivity index (χ4n) is 4.50. The Balaban J connectivity index is 1.47. The molecule has 2 amide bonds. The highest BCUT2D eigenvalue weighted by atomic mass is 35.5. The molecule has 34 heavy (non-hydrogen) atoms. The Bertz CT molecular complexity index is 1260. The second kappa shape index (κ2) is 9.69. The summed E-state index contributed by atoms with van der Waals surface area (Å²) < 4.78 is 0. The molecule has 3 aromatic carbocycles. The van der Waals surface area contributed by atoms with Crippen molar-refractivity contribution in [1.82, 2.24) is 0 Å². The van der Waals surface area contributed by atoms with E-state index in [1.54, 1.807) is 24.3 Å². The number of hydrogen-bond acceptors (Lipinski definition) is 3. The van der Waals surface area contributed by atoms with Gasteiger partial charge in [-0.2, -0.15) is 0 Å². The van der Waals surface area contributed by atoms with E-state index in [9.17, 15) is 19.5 Å². The quantitative estimate of drug-likeness (QED) is 0.371. The first kappa shape index (κ1) is 23.5. The molecule has 1 unspecified atom stereocenters. The van der Waals surface area contributed by atoms with E-state index in [0.717, 1.165) is 16.7 Å². The zero-order valence-electron chi connectivity index (χ0n) is 18.7. The van der Waals surface area contributed by atoms with Crippen molar-refractivity contribution in [3.05, 3.63) is 82.9 Å². The second-order valence-electron chi connectivity index (χ2n) is 8.57. The van der Waals surface area contributed by atoms with Crippen molar-refractivity contribution in [1.29, 1.82) is 0 Å². The van der Waals surface area contributed by atoms with Crippen LogP contribution in [-0.2, 0) is 11.2 Å². The smallest absolute Gasteiger partial charge is 0.323 e. The number of carboxylic acid groups (broad SMARTS) is 1. The average molecular weight is 477 g/mol. The number of nitrogens with one attached hydrogen (secondary N) is 2. The van der Waals surface area contributed by atoms with E-state index in [1.165, 1.54) is 0 Å². The van der Waals surface area contributed by atoms with Crippen molar-refractivity contribution in [3.63, 3.8) is 0 Å². The van der Waals surface area contributed by atoms with E-state index < -0.39 is 11.4 Å². The van der Waals surface area contributed by atoms with Crippen LogP contribution in [0.1, 0.15) is 42.1 Å². The van der Waals surface area contributed by atoms with Crippen molar-refractivity contribution >= 4 is 40.8 Å². The molecule has 0 heterocycles. The zero-order valence-corrected chi connectivity index (χ0v) is 19.5. The molecule has 0 fully saturated rings. The summed E-state index contributed by atoms with van der Waals surface area (Å²) in [7, 11) is 0. The molecular weight excluding hydrogens is 452 g/mol. The third kappa shape index (κ3) is 4.97. The Hall–Kier alpha value is -3.64. The Morgan fingerprint density at radius 3 is 2.35 bits per heavy atom. The molecule has 174 valence electrons. The van der Waals surface area contributed by atoms with Crippen LogP contribution in [0.3, 0.4) is 0 Å². The Kier molecular flexibility index (Phi) is 6.70. The van der Waals surface area contributed by atoms with Crippen molar-refractivity contribution < 1.29 is 19.5 Å². The molecule has 1 aliphatic rings. The minimum atomic E-state index is -0.940. The molecular formula is C27H25ClN2O4. The van der Waals surface area contributed by atoms with Crippen LogP contribution in [-0.4, -0.2) is 22.9 Å². The number of urea groups is 1. The number of amides is 2. The monoisotopic (exact) mass is 476 g/mol. The van der Waals surface area contributed by atoms with Gasteiger partial charge in [0.15, 0.2) is 5.78 Å². The van der Waals surface area contributed by atoms with Crippen molar-refractivity contribution in [2.45, 2.75) is 32.6 Å². The van der Waals surface area contributed by atoms with Gasteiger partial charge in [0.05, 0.1) is 6.42 Å². The molecule has 0 radical (unpaired) electrons. The summed E-state index contributed by atoms with van der Waals surface area (Å²) in [5.74, 6) is -1.01. The highest BCUT2D eigenvalue weighted by Crippen LogP contribution is 2.42. The van der Waals surface area contributed by atoms with Crippen LogP contribution < -0.4 is 10.6 Å². The summed E-state index contributed by atoms with van der Waals surface area (Å²) in [5, 5.41) is 15.4. The number of benzene rings is 3. The van der Waals surface area contributed by atoms with Gasteiger partial charge in [0.2, 0.25) is 0 Å². The minimum Gasteiger partial charge on any atom is -0.481 e. The number of aliphatic carboxylic acids is 1. The first-order valence-corrected chi connectivity index (χ1v) is 11.5. The molecule has 1 atom stereocenters. The third-order valence-corrected chi connectivity index (χ3v) is 6.66. The lowest BCUT2D eigenvalue weighted by molar-refractivity contribution is -0.139. The molecule has 3 N–H and O–H groups in total. The predicted molar refractivity (Wildman–Crippen MR) is 134 cm³/mol. The van der Waals surface area contributed by atoms with Gasteiger partial charge in [-0.1, -0.05) is 54.9 Å². The van der Waals surface area contributed by atoms with Crippen LogP contribution in [0.15, 0.2) is 66.7 Å². The third-order valence-electron chi connectivity index (χ3n) is 6.43. The van der Waals surface area contributed by atoms with Crippen molar-refractivity contribution in [2.24, 2.45) is 5.41 Å². The highest BCUT2D eigenvalue weighted by molar-refractivity contribution is 6.30. The maximum atomic E-state index is 13.1. The number of Topliss-reactive ketones (excluding diaryl/α,β-unsaturated/α-hetero) is 1. The van der Waals surface area contributed by atoms with Crippen molar-refractivity contribution in [3.8, 4) is 11.1 Å². The van der Waals surface area contributed by atoms with E-state index in [1.807, 2.05) is 49.4 Å². The van der Waals surface area contributed by atoms with Gasteiger partial charge in [0, 0.05) is 27.4 Å². The molecule has 0 aliphatic heterocycles. The maximum Gasteiger partial charge on any atom is 0.323 e. The number of carbonyl (C=O) groups is 3. The van der Waals surface area contributed by atoms with Gasteiger partial charge in [-0.25, -0.2) is 4.79 Å². The van der Waals surface area contributed by atoms with E-state index >= 15 is 0 Å². The Morgan fingerprint density at radius 1 is 0.971 bits per heavy atom. The summed E-state index contributed by atoms with van der Waals surface area (Å²) in [4.78, 5) is 36.7. The number of hydrogen-bond donors (Lipinski definition) is 3. The molecule has 0 spiro atoms. The lowest BCUT2D eigenvalue weighted by atomic mass is 9.67. The number of anilines is 2. The summed E-state index contributed by atoms with van der Waals surface area (Å²) in [6.45, 7) is 1.88. The Labute approximate surface area is 203 Å². The van der Waals surface area contributed by atoms with Gasteiger partial charge >= 0.3 is 12.0 Å². The fraction of sp³-hybridized carbons (Fsp3) is 0.222. The first-order chi connectivity index (χ1) is 16.3. The van der Waals surface area contributed by atoms with Gasteiger partial charge in [-0.05, 0) is 66.3 Å². The van der Waals surface area contributed by atoms with Crippen LogP contribution in [0.25, 0.3) is 11.1 Å². The fourth-order valence-corrected chi connectivity index (χ4v) is 4.69. The second-order valence-corrected chi connectivity index (χ2v) is 9.01. The standard InChI is InChI=1S/C27H25ClN2O4/c1-2-27(16-24(31)32)13-12-19-14-18(8-11-23(19)25(27)33)17-6-9-21(10-7-17)29-26(34)30-22-5-3-4-20(28)15-22/h3-11,14-15H,2,12-13,16H2,1H3,(H,31,32)(H2,29,30,34). The summed E-state index contributed by atoms with van der Waals surface area (Å²) in [6, 6.07) is 19.7. The molecule has 0 saturated heterocycles. The average Bonchev–Trinajstić information content (AvgIpc) is 2.81.